The Bertz CT molecular complexity index is 879. The first kappa shape index (κ1) is 15.5. The molecule has 0 bridgehead atoms. The maximum Gasteiger partial charge on any atom is 0.335 e. The number of carboxylic acid groups (broad SMARTS) is 1. The summed E-state index contributed by atoms with van der Waals surface area (Å²) in [5, 5.41) is 9.00. The number of hydrogen-bond acceptors (Lipinski definition) is 3. The van der Waals surface area contributed by atoms with Crippen LogP contribution in [-0.4, -0.2) is 26.0 Å². The average Bonchev–Trinajstić information content (AvgIpc) is 2.54. The SMILES string of the molecule is O=C(O)c1ccc(F)c(S(=O)(=O)N2CCCc3ccccc32)c1. The van der Waals surface area contributed by atoms with Crippen LogP contribution in [0.15, 0.2) is 47.4 Å². The second-order valence-corrected chi connectivity index (χ2v) is 7.09. The molecule has 0 spiro atoms. The van der Waals surface area contributed by atoms with Crippen LogP contribution in [-0.2, 0) is 16.4 Å². The van der Waals surface area contributed by atoms with E-state index in [0.29, 0.717) is 12.1 Å². The van der Waals surface area contributed by atoms with Crippen molar-refractivity contribution in [2.45, 2.75) is 17.7 Å². The lowest BCUT2D eigenvalue weighted by atomic mass is 10.0. The van der Waals surface area contributed by atoms with Gasteiger partial charge in [0.25, 0.3) is 10.0 Å². The molecule has 1 N–H and O–H groups in total. The maximum absolute atomic E-state index is 14.1. The molecule has 0 radical (unpaired) electrons. The van der Waals surface area contributed by atoms with E-state index in [1.54, 1.807) is 12.1 Å². The van der Waals surface area contributed by atoms with Crippen molar-refractivity contribution in [3.63, 3.8) is 0 Å². The molecule has 5 nitrogen and oxygen atoms in total. The summed E-state index contributed by atoms with van der Waals surface area (Å²) in [5.41, 5.74) is 1.12. The lowest BCUT2D eigenvalue weighted by Gasteiger charge is -2.30. The molecule has 1 heterocycles. The quantitative estimate of drug-likeness (QED) is 0.936. The second-order valence-electron chi connectivity index (χ2n) is 5.26. The normalized spacial score (nSPS) is 14.4. The van der Waals surface area contributed by atoms with Gasteiger partial charge in [-0.2, -0.15) is 0 Å². The van der Waals surface area contributed by atoms with Crippen LogP contribution < -0.4 is 4.31 Å². The summed E-state index contributed by atoms with van der Waals surface area (Å²) in [6, 6.07) is 9.82. The number of carbonyl (C=O) groups is 1. The van der Waals surface area contributed by atoms with Crippen molar-refractivity contribution in [3.05, 3.63) is 59.4 Å². The number of fused-ring (bicyclic) bond motifs is 1. The molecule has 0 saturated heterocycles. The summed E-state index contributed by atoms with van der Waals surface area (Å²) in [5.74, 6) is -2.27. The highest BCUT2D eigenvalue weighted by Gasteiger charge is 2.31. The van der Waals surface area contributed by atoms with Gasteiger partial charge in [0, 0.05) is 6.54 Å². The molecular weight excluding hydrogens is 321 g/mol. The molecule has 2 aromatic carbocycles. The summed E-state index contributed by atoms with van der Waals surface area (Å²) >= 11 is 0. The van der Waals surface area contributed by atoms with Gasteiger partial charge in [0.05, 0.1) is 11.3 Å². The van der Waals surface area contributed by atoms with Crippen LogP contribution in [0, 0.1) is 5.82 Å². The summed E-state index contributed by atoms with van der Waals surface area (Å²) in [7, 11) is -4.17. The van der Waals surface area contributed by atoms with E-state index in [9.17, 15) is 17.6 Å². The number of sulfonamides is 1. The predicted molar refractivity (Wildman–Crippen MR) is 82.7 cm³/mol. The Balaban J connectivity index is 2.14. The van der Waals surface area contributed by atoms with E-state index in [1.165, 1.54) is 0 Å². The molecular formula is C16H14FNO4S. The highest BCUT2D eigenvalue weighted by atomic mass is 32.2. The zero-order valence-corrected chi connectivity index (χ0v) is 12.9. The van der Waals surface area contributed by atoms with Gasteiger partial charge in [0.1, 0.15) is 10.7 Å². The Morgan fingerprint density at radius 3 is 2.65 bits per heavy atom. The van der Waals surface area contributed by atoms with Crippen molar-refractivity contribution < 1.29 is 22.7 Å². The Labute approximate surface area is 133 Å². The fourth-order valence-electron chi connectivity index (χ4n) is 2.70. The van der Waals surface area contributed by atoms with Crippen molar-refractivity contribution in [1.82, 2.24) is 0 Å². The largest absolute Gasteiger partial charge is 0.478 e. The summed E-state index contributed by atoms with van der Waals surface area (Å²) in [6.07, 6.45) is 1.37. The Hall–Kier alpha value is -2.41. The smallest absolute Gasteiger partial charge is 0.335 e. The van der Waals surface area contributed by atoms with E-state index in [-0.39, 0.29) is 12.1 Å². The first-order valence-electron chi connectivity index (χ1n) is 7.05. The molecule has 3 rings (SSSR count). The Morgan fingerprint density at radius 1 is 1.17 bits per heavy atom. The number of rotatable bonds is 3. The van der Waals surface area contributed by atoms with Crippen molar-refractivity contribution in [3.8, 4) is 0 Å². The fourth-order valence-corrected chi connectivity index (χ4v) is 4.34. The molecule has 7 heteroatoms. The molecule has 120 valence electrons. The van der Waals surface area contributed by atoms with Gasteiger partial charge >= 0.3 is 5.97 Å². The highest BCUT2D eigenvalue weighted by Crippen LogP contribution is 2.32. The van der Waals surface area contributed by atoms with E-state index in [0.717, 1.165) is 34.5 Å². The third-order valence-corrected chi connectivity index (χ3v) is 5.64. The number of para-hydroxylation sites is 1. The monoisotopic (exact) mass is 335 g/mol. The van der Waals surface area contributed by atoms with Gasteiger partial charge in [0.15, 0.2) is 0 Å². The molecule has 0 fully saturated rings. The molecule has 0 aliphatic carbocycles. The van der Waals surface area contributed by atoms with E-state index < -0.39 is 26.7 Å². The minimum atomic E-state index is -4.17. The van der Waals surface area contributed by atoms with Crippen LogP contribution >= 0.6 is 0 Å². The second kappa shape index (κ2) is 5.66. The topological polar surface area (TPSA) is 74.7 Å². The minimum Gasteiger partial charge on any atom is -0.478 e. The van der Waals surface area contributed by atoms with E-state index in [4.69, 9.17) is 5.11 Å². The van der Waals surface area contributed by atoms with Crippen molar-refractivity contribution in [2.75, 3.05) is 10.8 Å². The van der Waals surface area contributed by atoms with Crippen molar-refractivity contribution in [1.29, 1.82) is 0 Å². The predicted octanol–water partition coefficient (Wildman–Crippen LogP) is 2.67. The molecule has 0 amide bonds. The molecule has 23 heavy (non-hydrogen) atoms. The van der Waals surface area contributed by atoms with Gasteiger partial charge in [-0.3, -0.25) is 4.31 Å². The van der Waals surface area contributed by atoms with Crippen LogP contribution in [0.4, 0.5) is 10.1 Å². The third kappa shape index (κ3) is 2.68. The molecule has 0 aromatic heterocycles. The van der Waals surface area contributed by atoms with Gasteiger partial charge in [-0.05, 0) is 42.7 Å². The molecule has 2 aromatic rings. The van der Waals surface area contributed by atoms with Crippen LogP contribution in [0.25, 0.3) is 0 Å². The van der Waals surface area contributed by atoms with Crippen LogP contribution in [0.3, 0.4) is 0 Å². The molecule has 1 aliphatic heterocycles. The number of aryl methyl sites for hydroxylation is 1. The summed E-state index contributed by atoms with van der Waals surface area (Å²) < 4.78 is 40.9. The van der Waals surface area contributed by atoms with Crippen LogP contribution in [0.5, 0.6) is 0 Å². The zero-order valence-electron chi connectivity index (χ0n) is 12.1. The van der Waals surface area contributed by atoms with Crippen LogP contribution in [0.1, 0.15) is 22.3 Å². The number of aromatic carboxylic acids is 1. The Morgan fingerprint density at radius 2 is 1.91 bits per heavy atom. The number of anilines is 1. The molecule has 0 saturated carbocycles. The summed E-state index contributed by atoms with van der Waals surface area (Å²) in [4.78, 5) is 10.4. The van der Waals surface area contributed by atoms with Crippen LogP contribution in [0.2, 0.25) is 0 Å². The van der Waals surface area contributed by atoms with E-state index in [2.05, 4.69) is 0 Å². The van der Waals surface area contributed by atoms with Gasteiger partial charge in [-0.1, -0.05) is 18.2 Å². The highest BCUT2D eigenvalue weighted by molar-refractivity contribution is 7.92. The number of carboxylic acids is 1. The maximum atomic E-state index is 14.1. The first-order valence-corrected chi connectivity index (χ1v) is 8.49. The first-order chi connectivity index (χ1) is 10.9. The van der Waals surface area contributed by atoms with Gasteiger partial charge in [-0.15, -0.1) is 0 Å². The minimum absolute atomic E-state index is 0.232. The number of benzene rings is 2. The van der Waals surface area contributed by atoms with Gasteiger partial charge in [0.2, 0.25) is 0 Å². The number of nitrogens with zero attached hydrogens (tertiary/aromatic N) is 1. The third-order valence-electron chi connectivity index (χ3n) is 3.81. The Kier molecular flexibility index (Phi) is 3.81. The number of hydrogen-bond donors (Lipinski definition) is 1. The molecule has 1 aliphatic rings. The average molecular weight is 335 g/mol. The number of halogens is 1. The standard InChI is InChI=1S/C16H14FNO4S/c17-13-8-7-12(16(19)20)10-15(13)23(21,22)18-9-3-5-11-4-1-2-6-14(11)18/h1-2,4,6-8,10H,3,5,9H2,(H,19,20). The molecule has 0 unspecified atom stereocenters. The van der Waals surface area contributed by atoms with Crippen molar-refractivity contribution in [2.24, 2.45) is 0 Å². The summed E-state index contributed by atoms with van der Waals surface area (Å²) in [6.45, 7) is 0.232. The lowest BCUT2D eigenvalue weighted by Crippen LogP contribution is -2.36. The van der Waals surface area contributed by atoms with Gasteiger partial charge < -0.3 is 5.11 Å². The fraction of sp³-hybridized carbons (Fsp3) is 0.188. The van der Waals surface area contributed by atoms with Crippen molar-refractivity contribution >= 4 is 21.7 Å². The lowest BCUT2D eigenvalue weighted by molar-refractivity contribution is 0.0696. The zero-order chi connectivity index (χ0) is 16.6. The van der Waals surface area contributed by atoms with E-state index in [1.807, 2.05) is 12.1 Å². The van der Waals surface area contributed by atoms with E-state index >= 15 is 0 Å². The van der Waals surface area contributed by atoms with Gasteiger partial charge in [-0.25, -0.2) is 17.6 Å². The molecule has 0 atom stereocenters.